The summed E-state index contributed by atoms with van der Waals surface area (Å²) < 4.78 is 2.49. The first-order valence-corrected chi connectivity index (χ1v) is 16.2. The molecule has 4 heterocycles. The van der Waals surface area contributed by atoms with Crippen molar-refractivity contribution >= 4 is 68.6 Å². The molecule has 16 nitrogen and oxygen atoms in total. The number of hydrogen-bond acceptors (Lipinski definition) is 10. The van der Waals surface area contributed by atoms with Crippen LogP contribution in [0.15, 0.2) is 46.0 Å². The number of nitrogens with zero attached hydrogens (tertiary/aromatic N) is 4. The molecule has 50 heavy (non-hydrogen) atoms. The Bertz CT molecular complexity index is 2080. The highest BCUT2D eigenvalue weighted by molar-refractivity contribution is 6.03. The number of aromatic nitrogens is 4. The second kappa shape index (κ2) is 13.8. The molecule has 6 rings (SSSR count). The molecule has 258 valence electrons. The van der Waals surface area contributed by atoms with Crippen LogP contribution < -0.4 is 32.4 Å². The lowest BCUT2D eigenvalue weighted by Crippen LogP contribution is -2.45. The maximum absolute atomic E-state index is 13.6. The van der Waals surface area contributed by atoms with Crippen molar-refractivity contribution in [2.75, 3.05) is 10.6 Å². The van der Waals surface area contributed by atoms with Crippen molar-refractivity contribution < 1.29 is 28.8 Å². The van der Waals surface area contributed by atoms with Gasteiger partial charge >= 0.3 is 0 Å². The summed E-state index contributed by atoms with van der Waals surface area (Å²) in [5.74, 6) is -2.18. The second-order valence-corrected chi connectivity index (χ2v) is 12.3. The van der Waals surface area contributed by atoms with E-state index in [-0.39, 0.29) is 60.7 Å². The van der Waals surface area contributed by atoms with Gasteiger partial charge in [0, 0.05) is 25.7 Å². The normalized spacial score (nSPS) is 17.8. The second-order valence-electron chi connectivity index (χ2n) is 12.3. The number of carbonyl (C=O) groups is 6. The minimum atomic E-state index is -0.910. The van der Waals surface area contributed by atoms with Crippen LogP contribution >= 0.6 is 0 Å². The zero-order valence-corrected chi connectivity index (χ0v) is 27.3. The van der Waals surface area contributed by atoms with Crippen LogP contribution in [0.3, 0.4) is 0 Å². The molecule has 2 unspecified atom stereocenters. The smallest absolute Gasteiger partial charge is 0.264 e. The molecule has 0 saturated carbocycles. The lowest BCUT2D eigenvalue weighted by molar-refractivity contribution is -0.137. The average molecular weight is 683 g/mol. The molecule has 6 amide bonds. The van der Waals surface area contributed by atoms with Crippen LogP contribution in [0.4, 0.5) is 11.4 Å². The molecule has 2 saturated heterocycles. The number of hydrogen-bond donors (Lipinski definition) is 4. The third-order valence-electron chi connectivity index (χ3n) is 8.86. The van der Waals surface area contributed by atoms with Gasteiger partial charge in [-0.15, -0.1) is 0 Å². The number of benzene rings is 2. The van der Waals surface area contributed by atoms with E-state index in [1.165, 1.54) is 9.13 Å². The van der Waals surface area contributed by atoms with E-state index in [0.29, 0.717) is 35.5 Å². The first kappa shape index (κ1) is 33.8. The number of imide groups is 2. The fourth-order valence-corrected chi connectivity index (χ4v) is 6.50. The molecule has 2 fully saturated rings. The lowest BCUT2D eigenvalue weighted by atomic mass is 10.0. The molecule has 0 spiro atoms. The zero-order valence-electron chi connectivity index (χ0n) is 27.3. The van der Waals surface area contributed by atoms with Crippen LogP contribution in [-0.4, -0.2) is 54.5 Å². The van der Waals surface area contributed by atoms with E-state index in [1.807, 2.05) is 0 Å². The van der Waals surface area contributed by atoms with Gasteiger partial charge in [0.15, 0.2) is 0 Å². The van der Waals surface area contributed by atoms with Crippen molar-refractivity contribution in [3.05, 3.63) is 68.8 Å². The largest absolute Gasteiger partial charge is 0.325 e. The maximum atomic E-state index is 13.6. The van der Waals surface area contributed by atoms with Gasteiger partial charge in [-0.25, -0.2) is 9.97 Å². The van der Waals surface area contributed by atoms with Crippen molar-refractivity contribution in [1.82, 2.24) is 29.7 Å². The summed E-state index contributed by atoms with van der Waals surface area (Å²) in [4.78, 5) is 110. The van der Waals surface area contributed by atoms with Crippen molar-refractivity contribution in [1.29, 1.82) is 0 Å². The molecule has 2 aliphatic heterocycles. The predicted octanol–water partition coefficient (Wildman–Crippen LogP) is 1.82. The molecule has 0 radical (unpaired) electrons. The Hall–Kier alpha value is -6.06. The van der Waals surface area contributed by atoms with Gasteiger partial charge in [0.25, 0.3) is 11.1 Å². The highest BCUT2D eigenvalue weighted by Gasteiger charge is 2.32. The topological polar surface area (TPSA) is 220 Å². The zero-order chi connectivity index (χ0) is 35.7. The third-order valence-corrected chi connectivity index (χ3v) is 8.86. The summed E-state index contributed by atoms with van der Waals surface area (Å²) in [7, 11) is 0. The minimum Gasteiger partial charge on any atom is -0.325 e. The molecule has 4 aromatic rings. The summed E-state index contributed by atoms with van der Waals surface area (Å²) >= 11 is 0. The van der Waals surface area contributed by atoms with E-state index in [9.17, 15) is 38.4 Å². The number of rotatable bonds is 9. The number of amides is 6. The Morgan fingerprint density at radius 3 is 1.46 bits per heavy atom. The van der Waals surface area contributed by atoms with Gasteiger partial charge in [0.2, 0.25) is 35.4 Å². The van der Waals surface area contributed by atoms with Crippen LogP contribution in [0.1, 0.15) is 75.1 Å². The highest BCUT2D eigenvalue weighted by Crippen LogP contribution is 2.25. The number of aryl methyl sites for hydroxylation is 2. The standard InChI is InChI=1S/C34H34N8O8/c1-17-35-19-7-5-9-21(29(19)33(49)41(17)23-13-15-27(45)39-31(23)47)37-25(43)11-3-4-12-26(44)38-22-10-6-8-20-30(22)34(50)42(18(2)36-20)24-14-16-28(46)40-32(24)48/h5-10,23-24H,3-4,11-16H2,1-2H3,(H,37,43)(H,38,44)(H,39,45,47)(H,40,46,48). The third kappa shape index (κ3) is 6.63. The molecule has 2 atom stereocenters. The van der Waals surface area contributed by atoms with Crippen LogP contribution in [0.25, 0.3) is 21.8 Å². The van der Waals surface area contributed by atoms with E-state index in [1.54, 1.807) is 50.2 Å². The number of anilines is 2. The first-order chi connectivity index (χ1) is 23.9. The molecule has 0 bridgehead atoms. The van der Waals surface area contributed by atoms with Gasteiger partial charge in [0.1, 0.15) is 23.7 Å². The van der Waals surface area contributed by atoms with E-state index < -0.39 is 58.6 Å². The SMILES string of the molecule is Cc1nc2cccc(NC(=O)CCCCC(=O)Nc3cccc4nc(C)n(C5CCC(=O)NC5=O)c(=O)c34)c2c(=O)n1C1CCC(=O)NC1=O. The van der Waals surface area contributed by atoms with E-state index in [4.69, 9.17) is 0 Å². The minimum absolute atomic E-state index is 0.0401. The number of piperidine rings is 2. The van der Waals surface area contributed by atoms with Gasteiger partial charge in [-0.1, -0.05) is 12.1 Å². The van der Waals surface area contributed by atoms with Crippen LogP contribution in [0.2, 0.25) is 0 Å². The van der Waals surface area contributed by atoms with E-state index in [2.05, 4.69) is 31.2 Å². The first-order valence-electron chi connectivity index (χ1n) is 16.2. The van der Waals surface area contributed by atoms with Crippen molar-refractivity contribution in [2.24, 2.45) is 0 Å². The van der Waals surface area contributed by atoms with Crippen LogP contribution in [0, 0.1) is 13.8 Å². The van der Waals surface area contributed by atoms with Crippen LogP contribution in [-0.2, 0) is 28.8 Å². The molecule has 2 aromatic carbocycles. The monoisotopic (exact) mass is 682 g/mol. The van der Waals surface area contributed by atoms with Gasteiger partial charge in [-0.3, -0.25) is 58.1 Å². The number of carbonyl (C=O) groups excluding carboxylic acids is 6. The number of nitrogens with one attached hydrogen (secondary N) is 4. The van der Waals surface area contributed by atoms with Crippen molar-refractivity contribution in [2.45, 2.75) is 77.3 Å². The van der Waals surface area contributed by atoms with Gasteiger partial charge < -0.3 is 10.6 Å². The molecule has 4 N–H and O–H groups in total. The summed E-state index contributed by atoms with van der Waals surface area (Å²) in [6, 6.07) is 7.86. The fraction of sp³-hybridized carbons (Fsp3) is 0.353. The van der Waals surface area contributed by atoms with Gasteiger partial charge in [0.05, 0.1) is 33.2 Å². The average Bonchev–Trinajstić information content (AvgIpc) is 3.05. The Kier molecular flexibility index (Phi) is 9.35. The Morgan fingerprint density at radius 2 is 1.08 bits per heavy atom. The van der Waals surface area contributed by atoms with Crippen molar-refractivity contribution in [3.8, 4) is 0 Å². The Labute approximate surface area is 283 Å². The molecular formula is C34H34N8O8. The number of fused-ring (bicyclic) bond motifs is 2. The molecule has 2 aromatic heterocycles. The van der Waals surface area contributed by atoms with Crippen molar-refractivity contribution in [3.63, 3.8) is 0 Å². The van der Waals surface area contributed by atoms with Gasteiger partial charge in [-0.05, 0) is 63.8 Å². The fourth-order valence-electron chi connectivity index (χ4n) is 6.50. The Balaban J connectivity index is 1.10. The lowest BCUT2D eigenvalue weighted by Gasteiger charge is -2.24. The van der Waals surface area contributed by atoms with E-state index in [0.717, 1.165) is 0 Å². The Morgan fingerprint density at radius 1 is 0.680 bits per heavy atom. The molecule has 16 heteroatoms. The maximum Gasteiger partial charge on any atom is 0.264 e. The molecule has 0 aliphatic carbocycles. The molecule has 2 aliphatic rings. The molecular weight excluding hydrogens is 648 g/mol. The quantitative estimate of drug-likeness (QED) is 0.148. The summed E-state index contributed by atoms with van der Waals surface area (Å²) in [5.41, 5.74) is 0.105. The predicted molar refractivity (Wildman–Crippen MR) is 180 cm³/mol. The highest BCUT2D eigenvalue weighted by atomic mass is 16.2. The van der Waals surface area contributed by atoms with E-state index >= 15 is 0 Å². The summed E-state index contributed by atoms with van der Waals surface area (Å²) in [6.45, 7) is 3.20. The van der Waals surface area contributed by atoms with Gasteiger partial charge in [-0.2, -0.15) is 0 Å². The summed E-state index contributed by atoms with van der Waals surface area (Å²) in [6.07, 6.45) is 1.22. The van der Waals surface area contributed by atoms with Crippen LogP contribution in [0.5, 0.6) is 0 Å². The number of unbranched alkanes of at least 4 members (excludes halogenated alkanes) is 1. The summed E-state index contributed by atoms with van der Waals surface area (Å²) in [5, 5.41) is 10.3.